The second-order valence-corrected chi connectivity index (χ2v) is 10.1. The number of amides is 1. The van der Waals surface area contributed by atoms with Crippen LogP contribution < -0.4 is 10.6 Å². The van der Waals surface area contributed by atoms with Crippen LogP contribution in [0.25, 0.3) is 28.4 Å². The third-order valence-electron chi connectivity index (χ3n) is 6.36. The minimum Gasteiger partial charge on any atom is -0.454 e. The fraction of sp³-hybridized carbons (Fsp3) is 0.467. The van der Waals surface area contributed by atoms with Crippen LogP contribution in [-0.2, 0) is 16.0 Å². The van der Waals surface area contributed by atoms with Crippen molar-refractivity contribution in [2.75, 3.05) is 25.1 Å². The first-order valence-electron chi connectivity index (χ1n) is 14.0. The number of hydrogen-bond acceptors (Lipinski definition) is 7. The monoisotopic (exact) mass is 532 g/mol. The molecule has 0 radical (unpaired) electrons. The summed E-state index contributed by atoms with van der Waals surface area (Å²) in [5.74, 6) is 2.11. The van der Waals surface area contributed by atoms with Gasteiger partial charge in [0.15, 0.2) is 5.76 Å². The van der Waals surface area contributed by atoms with Crippen LogP contribution in [0.5, 0.6) is 0 Å². The Kier molecular flexibility index (Phi) is 10.1. The van der Waals surface area contributed by atoms with E-state index < -0.39 is 6.04 Å². The normalized spacial score (nSPS) is 12.2. The number of rotatable bonds is 15. The van der Waals surface area contributed by atoms with Gasteiger partial charge in [0.25, 0.3) is 0 Å². The predicted molar refractivity (Wildman–Crippen MR) is 154 cm³/mol. The summed E-state index contributed by atoms with van der Waals surface area (Å²) in [5.41, 5.74) is 2.44. The molecular weight excluding hydrogens is 492 g/mol. The highest BCUT2D eigenvalue weighted by Gasteiger charge is 2.21. The fourth-order valence-corrected chi connectivity index (χ4v) is 4.36. The summed E-state index contributed by atoms with van der Waals surface area (Å²) < 4.78 is 13.2. The average molecular weight is 533 g/mol. The van der Waals surface area contributed by atoms with Gasteiger partial charge >= 0.3 is 0 Å². The minimum absolute atomic E-state index is 0.0368. The fourth-order valence-electron chi connectivity index (χ4n) is 4.36. The molecule has 9 nitrogen and oxygen atoms in total. The van der Waals surface area contributed by atoms with E-state index in [1.54, 1.807) is 10.9 Å². The van der Waals surface area contributed by atoms with E-state index in [1.807, 2.05) is 49.5 Å². The summed E-state index contributed by atoms with van der Waals surface area (Å²) in [7, 11) is 0. The average Bonchev–Trinajstić information content (AvgIpc) is 3.58. The van der Waals surface area contributed by atoms with E-state index in [-0.39, 0.29) is 5.91 Å². The highest BCUT2D eigenvalue weighted by Crippen LogP contribution is 2.27. The summed E-state index contributed by atoms with van der Waals surface area (Å²) in [5, 5.41) is 7.47. The maximum Gasteiger partial charge on any atom is 0.242 e. The summed E-state index contributed by atoms with van der Waals surface area (Å²) in [6.07, 6.45) is 7.93. The third-order valence-corrected chi connectivity index (χ3v) is 6.36. The lowest BCUT2D eigenvalue weighted by molar-refractivity contribution is -0.122. The Morgan fingerprint density at radius 1 is 1.13 bits per heavy atom. The number of aromatic nitrogens is 4. The summed E-state index contributed by atoms with van der Waals surface area (Å²) in [6, 6.07) is 11.4. The molecule has 3 aromatic heterocycles. The van der Waals surface area contributed by atoms with Crippen molar-refractivity contribution in [3.05, 3.63) is 54.6 Å². The number of imidazole rings is 1. The van der Waals surface area contributed by atoms with Gasteiger partial charge in [-0.1, -0.05) is 45.4 Å². The molecule has 0 aliphatic carbocycles. The van der Waals surface area contributed by atoms with Crippen LogP contribution in [0.1, 0.15) is 59.1 Å². The van der Waals surface area contributed by atoms with Gasteiger partial charge in [-0.15, -0.1) is 0 Å². The van der Waals surface area contributed by atoms with Crippen LogP contribution in [0.15, 0.2) is 53.3 Å². The van der Waals surface area contributed by atoms with Crippen LogP contribution >= 0.6 is 0 Å². The van der Waals surface area contributed by atoms with Gasteiger partial charge in [-0.25, -0.2) is 9.97 Å². The molecule has 0 saturated heterocycles. The molecule has 4 rings (SSSR count). The third kappa shape index (κ3) is 7.89. The Labute approximate surface area is 230 Å². The number of anilines is 1. The lowest BCUT2D eigenvalue weighted by Crippen LogP contribution is -2.41. The largest absolute Gasteiger partial charge is 0.454 e. The first kappa shape index (κ1) is 28.3. The molecule has 0 saturated carbocycles. The SMILES string of the molecule is CCCCc1cc(N[C@@H](CC(C)C)C(=O)NCCCOCC)nc(-n2cnc(-c3cc4ccccc4o3)c2)n1. The van der Waals surface area contributed by atoms with Gasteiger partial charge in [-0.05, 0) is 50.7 Å². The molecule has 0 aliphatic heterocycles. The Hall–Kier alpha value is -3.72. The van der Waals surface area contributed by atoms with Crippen LogP contribution in [0.3, 0.4) is 0 Å². The molecule has 208 valence electrons. The van der Waals surface area contributed by atoms with E-state index in [4.69, 9.17) is 19.1 Å². The van der Waals surface area contributed by atoms with E-state index in [1.165, 1.54) is 0 Å². The zero-order valence-electron chi connectivity index (χ0n) is 23.4. The van der Waals surface area contributed by atoms with Gasteiger partial charge in [0.05, 0.1) is 0 Å². The van der Waals surface area contributed by atoms with Crippen molar-refractivity contribution in [1.82, 2.24) is 24.8 Å². The topological polar surface area (TPSA) is 107 Å². The second-order valence-electron chi connectivity index (χ2n) is 10.1. The van der Waals surface area contributed by atoms with Crippen molar-refractivity contribution in [3.63, 3.8) is 0 Å². The van der Waals surface area contributed by atoms with Crippen molar-refractivity contribution in [2.45, 2.75) is 65.8 Å². The predicted octanol–water partition coefficient (Wildman–Crippen LogP) is 5.79. The summed E-state index contributed by atoms with van der Waals surface area (Å²) in [4.78, 5) is 27.2. The van der Waals surface area contributed by atoms with E-state index >= 15 is 0 Å². The van der Waals surface area contributed by atoms with Crippen LogP contribution in [0.4, 0.5) is 5.82 Å². The molecule has 3 heterocycles. The summed E-state index contributed by atoms with van der Waals surface area (Å²) >= 11 is 0. The number of carbonyl (C=O) groups excluding carboxylic acids is 1. The molecule has 0 fully saturated rings. The van der Waals surface area contributed by atoms with Gasteiger partial charge in [0.2, 0.25) is 11.9 Å². The van der Waals surface area contributed by atoms with Crippen molar-refractivity contribution >= 4 is 22.7 Å². The van der Waals surface area contributed by atoms with Crippen LogP contribution in [0, 0.1) is 5.92 Å². The lowest BCUT2D eigenvalue weighted by atomic mass is 10.0. The zero-order valence-corrected chi connectivity index (χ0v) is 23.4. The van der Waals surface area contributed by atoms with Crippen molar-refractivity contribution in [2.24, 2.45) is 5.92 Å². The second kappa shape index (κ2) is 13.9. The number of unbranched alkanes of at least 4 members (excludes halogenated alkanes) is 1. The number of nitrogens with zero attached hydrogens (tertiary/aromatic N) is 4. The highest BCUT2D eigenvalue weighted by molar-refractivity contribution is 5.84. The van der Waals surface area contributed by atoms with Crippen molar-refractivity contribution in [1.29, 1.82) is 0 Å². The Bertz CT molecular complexity index is 1310. The number of fused-ring (bicyclic) bond motifs is 1. The van der Waals surface area contributed by atoms with Gasteiger partial charge in [-0.3, -0.25) is 9.36 Å². The van der Waals surface area contributed by atoms with E-state index in [2.05, 4.69) is 36.4 Å². The molecule has 9 heteroatoms. The number of nitrogens with one attached hydrogen (secondary N) is 2. The number of carbonyl (C=O) groups is 1. The maximum atomic E-state index is 13.1. The van der Waals surface area contributed by atoms with E-state index in [0.29, 0.717) is 55.3 Å². The van der Waals surface area contributed by atoms with Crippen molar-refractivity contribution < 1.29 is 13.9 Å². The quantitative estimate of drug-likeness (QED) is 0.187. The molecule has 39 heavy (non-hydrogen) atoms. The van der Waals surface area contributed by atoms with E-state index in [9.17, 15) is 4.79 Å². The molecule has 1 aromatic carbocycles. The first-order chi connectivity index (χ1) is 19.0. The first-order valence-corrected chi connectivity index (χ1v) is 14.0. The smallest absolute Gasteiger partial charge is 0.242 e. The van der Waals surface area contributed by atoms with Gasteiger partial charge in [-0.2, -0.15) is 4.98 Å². The standard InChI is InChI=1S/C30H40N6O3/c1-5-7-12-23-18-28(34-24(16-21(3)4)29(37)31-14-10-15-38-6-2)35-30(33-23)36-19-25(32-20-36)27-17-22-11-8-9-13-26(22)39-27/h8-9,11,13,17-21,24H,5-7,10,12,14-16H2,1-4H3,(H,31,37)(H,33,34,35)/t24-/m0/s1. The molecule has 2 N–H and O–H groups in total. The molecule has 1 atom stereocenters. The molecule has 0 bridgehead atoms. The van der Waals surface area contributed by atoms with Gasteiger partial charge < -0.3 is 19.8 Å². The lowest BCUT2D eigenvalue weighted by Gasteiger charge is -2.21. The highest BCUT2D eigenvalue weighted by atomic mass is 16.5. The molecule has 0 unspecified atom stereocenters. The van der Waals surface area contributed by atoms with Gasteiger partial charge in [0.1, 0.15) is 29.5 Å². The maximum absolute atomic E-state index is 13.1. The molecule has 1 amide bonds. The molecule has 0 aliphatic rings. The Morgan fingerprint density at radius 3 is 2.74 bits per heavy atom. The van der Waals surface area contributed by atoms with Crippen LogP contribution in [-0.4, -0.2) is 51.2 Å². The molecule has 4 aromatic rings. The van der Waals surface area contributed by atoms with E-state index in [0.717, 1.165) is 42.3 Å². The molecular formula is C30H40N6O3. The molecule has 0 spiro atoms. The summed E-state index contributed by atoms with van der Waals surface area (Å²) in [6.45, 7) is 10.2. The zero-order chi connectivity index (χ0) is 27.6. The van der Waals surface area contributed by atoms with Crippen molar-refractivity contribution in [3.8, 4) is 17.4 Å². The number of ether oxygens (including phenoxy) is 1. The Balaban J connectivity index is 1.56. The minimum atomic E-state index is -0.409. The number of hydrogen-bond donors (Lipinski definition) is 2. The Morgan fingerprint density at radius 2 is 1.97 bits per heavy atom. The number of aryl methyl sites for hydroxylation is 1. The number of furan rings is 1. The van der Waals surface area contributed by atoms with Crippen LogP contribution in [0.2, 0.25) is 0 Å². The number of benzene rings is 1. The van der Waals surface area contributed by atoms with Gasteiger partial charge in [0, 0.05) is 43.1 Å². The number of para-hydroxylation sites is 1.